The van der Waals surface area contributed by atoms with Crippen LogP contribution in [0, 0.1) is 0 Å². The standard InChI is InChI=1S/C19H20ClN3O2.ClH/c20-14-6-8-15(9-7-14)23-12-11-17(19(23)25)22-18(24)10-5-13-3-1-2-4-16(13)21;/h1-4,6-9,17H,5,10-12,21H2,(H,22,24);1H. The Morgan fingerprint density at radius 3 is 2.58 bits per heavy atom. The molecule has 0 spiro atoms. The molecule has 1 heterocycles. The highest BCUT2D eigenvalue weighted by molar-refractivity contribution is 6.30. The zero-order valence-electron chi connectivity index (χ0n) is 14.2. The summed E-state index contributed by atoms with van der Waals surface area (Å²) in [7, 11) is 0. The van der Waals surface area contributed by atoms with Crippen molar-refractivity contribution in [2.45, 2.75) is 25.3 Å². The molecular formula is C19H21Cl2N3O2. The number of amides is 2. The lowest BCUT2D eigenvalue weighted by Crippen LogP contribution is -2.41. The van der Waals surface area contributed by atoms with Gasteiger partial charge in [-0.05, 0) is 48.7 Å². The summed E-state index contributed by atoms with van der Waals surface area (Å²) in [5.74, 6) is -0.227. The number of nitrogens with zero attached hydrogens (tertiary/aromatic N) is 1. The zero-order valence-corrected chi connectivity index (χ0v) is 15.7. The van der Waals surface area contributed by atoms with Gasteiger partial charge in [0.1, 0.15) is 6.04 Å². The van der Waals surface area contributed by atoms with Crippen LogP contribution in [0.25, 0.3) is 0 Å². The Kier molecular flexibility index (Phi) is 6.89. The van der Waals surface area contributed by atoms with Gasteiger partial charge in [0.15, 0.2) is 0 Å². The number of rotatable bonds is 5. The van der Waals surface area contributed by atoms with Gasteiger partial charge in [-0.25, -0.2) is 0 Å². The molecule has 2 aromatic carbocycles. The van der Waals surface area contributed by atoms with Crippen molar-refractivity contribution < 1.29 is 9.59 Å². The van der Waals surface area contributed by atoms with Crippen LogP contribution >= 0.6 is 24.0 Å². The third kappa shape index (κ3) is 4.68. The number of hydrogen-bond acceptors (Lipinski definition) is 3. The number of halogens is 2. The van der Waals surface area contributed by atoms with Crippen molar-refractivity contribution >= 4 is 47.2 Å². The summed E-state index contributed by atoms with van der Waals surface area (Å²) in [6.07, 6.45) is 1.46. The number of benzene rings is 2. The molecule has 0 bridgehead atoms. The van der Waals surface area contributed by atoms with Crippen LogP contribution in [0.4, 0.5) is 11.4 Å². The van der Waals surface area contributed by atoms with Crippen LogP contribution in [0.5, 0.6) is 0 Å². The van der Waals surface area contributed by atoms with Gasteiger partial charge in [-0.15, -0.1) is 12.4 Å². The maximum Gasteiger partial charge on any atom is 0.249 e. The van der Waals surface area contributed by atoms with Crippen molar-refractivity contribution in [3.63, 3.8) is 0 Å². The summed E-state index contributed by atoms with van der Waals surface area (Å²) in [4.78, 5) is 26.4. The Morgan fingerprint density at radius 1 is 1.19 bits per heavy atom. The first-order chi connectivity index (χ1) is 12.0. The molecule has 0 aliphatic carbocycles. The summed E-state index contributed by atoms with van der Waals surface area (Å²) < 4.78 is 0. The molecule has 5 nitrogen and oxygen atoms in total. The minimum absolute atomic E-state index is 0. The normalized spacial score (nSPS) is 16.3. The van der Waals surface area contributed by atoms with Crippen molar-refractivity contribution in [2.24, 2.45) is 0 Å². The van der Waals surface area contributed by atoms with Gasteiger partial charge < -0.3 is 16.0 Å². The van der Waals surface area contributed by atoms with Crippen LogP contribution in [-0.2, 0) is 16.0 Å². The molecule has 3 rings (SSSR count). The number of nitrogen functional groups attached to an aromatic ring is 1. The fourth-order valence-corrected chi connectivity index (χ4v) is 3.09. The average molecular weight is 394 g/mol. The summed E-state index contributed by atoms with van der Waals surface area (Å²) in [5, 5.41) is 3.46. The number of carbonyl (C=O) groups excluding carboxylic acids is 2. The van der Waals surface area contributed by atoms with E-state index in [9.17, 15) is 9.59 Å². The largest absolute Gasteiger partial charge is 0.399 e. The average Bonchev–Trinajstić information content (AvgIpc) is 2.96. The minimum Gasteiger partial charge on any atom is -0.399 e. The number of hydrogen-bond donors (Lipinski definition) is 2. The third-order valence-electron chi connectivity index (χ3n) is 4.36. The molecule has 2 aromatic rings. The Balaban J connectivity index is 0.00000243. The highest BCUT2D eigenvalue weighted by atomic mass is 35.5. The van der Waals surface area contributed by atoms with E-state index >= 15 is 0 Å². The van der Waals surface area contributed by atoms with E-state index in [1.54, 1.807) is 17.0 Å². The summed E-state index contributed by atoms with van der Waals surface area (Å²) in [5.41, 5.74) is 8.30. The van der Waals surface area contributed by atoms with Crippen LogP contribution in [0.1, 0.15) is 18.4 Å². The maximum atomic E-state index is 12.5. The van der Waals surface area contributed by atoms with Crippen LogP contribution in [0.3, 0.4) is 0 Å². The van der Waals surface area contributed by atoms with Crippen molar-refractivity contribution in [3.8, 4) is 0 Å². The highest BCUT2D eigenvalue weighted by Gasteiger charge is 2.33. The topological polar surface area (TPSA) is 75.4 Å². The van der Waals surface area contributed by atoms with Gasteiger partial charge >= 0.3 is 0 Å². The van der Waals surface area contributed by atoms with E-state index in [4.69, 9.17) is 17.3 Å². The van der Waals surface area contributed by atoms with Gasteiger partial charge in [0, 0.05) is 29.4 Å². The lowest BCUT2D eigenvalue weighted by molar-refractivity contribution is -0.126. The van der Waals surface area contributed by atoms with Gasteiger partial charge in [0.05, 0.1) is 0 Å². The molecule has 26 heavy (non-hydrogen) atoms. The number of anilines is 2. The van der Waals surface area contributed by atoms with E-state index in [0.717, 1.165) is 11.3 Å². The van der Waals surface area contributed by atoms with Crippen molar-refractivity contribution in [1.29, 1.82) is 0 Å². The minimum atomic E-state index is -0.476. The first kappa shape index (κ1) is 20.1. The van der Waals surface area contributed by atoms with E-state index in [-0.39, 0.29) is 24.2 Å². The lowest BCUT2D eigenvalue weighted by atomic mass is 10.1. The molecular weight excluding hydrogens is 373 g/mol. The van der Waals surface area contributed by atoms with Crippen molar-refractivity contribution in [1.82, 2.24) is 5.32 Å². The van der Waals surface area contributed by atoms with Crippen molar-refractivity contribution in [3.05, 3.63) is 59.1 Å². The second-order valence-corrected chi connectivity index (χ2v) is 6.51. The predicted molar refractivity (Wildman–Crippen MR) is 107 cm³/mol. The van der Waals surface area contributed by atoms with E-state index < -0.39 is 6.04 Å². The van der Waals surface area contributed by atoms with Gasteiger partial charge in [-0.3, -0.25) is 9.59 Å². The number of aryl methyl sites for hydroxylation is 1. The molecule has 0 radical (unpaired) electrons. The fraction of sp³-hybridized carbons (Fsp3) is 0.263. The molecule has 0 saturated carbocycles. The molecule has 1 fully saturated rings. The molecule has 3 N–H and O–H groups in total. The van der Waals surface area contributed by atoms with Gasteiger partial charge in [-0.1, -0.05) is 29.8 Å². The fourth-order valence-electron chi connectivity index (χ4n) is 2.97. The monoisotopic (exact) mass is 393 g/mol. The Bertz CT molecular complexity index is 781. The van der Waals surface area contributed by atoms with Crippen LogP contribution in [0.15, 0.2) is 48.5 Å². The molecule has 2 amide bonds. The van der Waals surface area contributed by atoms with Crippen molar-refractivity contribution in [2.75, 3.05) is 17.2 Å². The number of carbonyl (C=O) groups is 2. The number of nitrogens with two attached hydrogens (primary N) is 1. The van der Waals surface area contributed by atoms with E-state index in [0.29, 0.717) is 36.5 Å². The second kappa shape index (κ2) is 8.92. The third-order valence-corrected chi connectivity index (χ3v) is 4.61. The van der Waals surface area contributed by atoms with Gasteiger partial charge in [0.25, 0.3) is 0 Å². The first-order valence-corrected chi connectivity index (χ1v) is 8.62. The zero-order chi connectivity index (χ0) is 17.8. The summed E-state index contributed by atoms with van der Waals surface area (Å²) in [6.45, 7) is 0.580. The van der Waals surface area contributed by atoms with Crippen LogP contribution in [0.2, 0.25) is 5.02 Å². The molecule has 1 saturated heterocycles. The molecule has 138 valence electrons. The second-order valence-electron chi connectivity index (χ2n) is 6.07. The summed E-state index contributed by atoms with van der Waals surface area (Å²) >= 11 is 5.88. The molecule has 1 aliphatic heterocycles. The highest BCUT2D eigenvalue weighted by Crippen LogP contribution is 2.23. The van der Waals surface area contributed by atoms with E-state index in [2.05, 4.69) is 5.32 Å². The maximum absolute atomic E-state index is 12.5. The molecule has 0 aromatic heterocycles. The SMILES string of the molecule is Cl.Nc1ccccc1CCC(=O)NC1CCN(c2ccc(Cl)cc2)C1=O. The Labute approximate surface area is 163 Å². The number of para-hydroxylation sites is 1. The lowest BCUT2D eigenvalue weighted by Gasteiger charge is -2.17. The van der Waals surface area contributed by atoms with E-state index in [1.807, 2.05) is 36.4 Å². The molecule has 1 atom stereocenters. The first-order valence-electron chi connectivity index (χ1n) is 8.24. The van der Waals surface area contributed by atoms with Gasteiger partial charge in [-0.2, -0.15) is 0 Å². The molecule has 7 heteroatoms. The van der Waals surface area contributed by atoms with Crippen LogP contribution in [-0.4, -0.2) is 24.4 Å². The Morgan fingerprint density at radius 2 is 1.88 bits per heavy atom. The molecule has 1 unspecified atom stereocenters. The quantitative estimate of drug-likeness (QED) is 0.765. The smallest absolute Gasteiger partial charge is 0.249 e. The van der Waals surface area contributed by atoms with Gasteiger partial charge in [0.2, 0.25) is 11.8 Å². The van der Waals surface area contributed by atoms with Crippen LogP contribution < -0.4 is 16.0 Å². The predicted octanol–water partition coefficient (Wildman–Crippen LogP) is 3.20. The molecule has 1 aliphatic rings. The Hall–Kier alpha value is -2.24. The summed E-state index contributed by atoms with van der Waals surface area (Å²) in [6, 6.07) is 14.1. The van der Waals surface area contributed by atoms with E-state index in [1.165, 1.54) is 0 Å². The number of nitrogens with one attached hydrogen (secondary N) is 1.